The molecule has 0 radical (unpaired) electrons. The van der Waals surface area contributed by atoms with E-state index in [1.165, 1.54) is 6.42 Å². The van der Waals surface area contributed by atoms with E-state index in [2.05, 4.69) is 4.90 Å². The van der Waals surface area contributed by atoms with Gasteiger partial charge in [0, 0.05) is 38.6 Å². The van der Waals surface area contributed by atoms with Crippen LogP contribution in [0.5, 0.6) is 0 Å². The summed E-state index contributed by atoms with van der Waals surface area (Å²) >= 11 is 0. The van der Waals surface area contributed by atoms with Crippen molar-refractivity contribution in [2.75, 3.05) is 39.3 Å². The summed E-state index contributed by atoms with van der Waals surface area (Å²) in [6.07, 6.45) is 3.33. The highest BCUT2D eigenvalue weighted by Gasteiger charge is 2.31. The third kappa shape index (κ3) is 4.10. The lowest BCUT2D eigenvalue weighted by molar-refractivity contribution is -0.140. The Morgan fingerprint density at radius 1 is 1.04 bits per heavy atom. The van der Waals surface area contributed by atoms with Crippen LogP contribution in [-0.4, -0.2) is 61.0 Å². The first-order chi connectivity index (χ1) is 11.2. The topological polar surface area (TPSA) is 49.9 Å². The van der Waals surface area contributed by atoms with E-state index >= 15 is 0 Å². The first kappa shape index (κ1) is 16.0. The summed E-state index contributed by atoms with van der Waals surface area (Å²) in [5.74, 6) is 0.351. The van der Waals surface area contributed by atoms with E-state index in [4.69, 9.17) is 4.74 Å². The van der Waals surface area contributed by atoms with Crippen molar-refractivity contribution in [3.8, 4) is 0 Å². The molecule has 1 amide bonds. The molecule has 2 fully saturated rings. The van der Waals surface area contributed by atoms with Gasteiger partial charge in [0.25, 0.3) is 0 Å². The number of esters is 1. The second kappa shape index (κ2) is 7.59. The smallest absolute Gasteiger partial charge is 0.338 e. The van der Waals surface area contributed by atoms with Gasteiger partial charge in [0.15, 0.2) is 0 Å². The van der Waals surface area contributed by atoms with E-state index in [1.54, 1.807) is 12.1 Å². The van der Waals surface area contributed by atoms with E-state index in [0.717, 1.165) is 45.6 Å². The number of piperazine rings is 1. The summed E-state index contributed by atoms with van der Waals surface area (Å²) in [5.41, 5.74) is 0.586. The number of hydrogen-bond donors (Lipinski definition) is 0. The molecule has 1 saturated carbocycles. The van der Waals surface area contributed by atoms with Crippen LogP contribution in [0.2, 0.25) is 0 Å². The van der Waals surface area contributed by atoms with Crippen molar-refractivity contribution in [2.45, 2.75) is 19.3 Å². The second-order valence-corrected chi connectivity index (χ2v) is 6.30. The summed E-state index contributed by atoms with van der Waals surface area (Å²) in [7, 11) is 0. The lowest BCUT2D eigenvalue weighted by Crippen LogP contribution is -2.51. The monoisotopic (exact) mass is 316 g/mol. The van der Waals surface area contributed by atoms with Crippen LogP contribution in [0.4, 0.5) is 0 Å². The Hall–Kier alpha value is -1.88. The van der Waals surface area contributed by atoms with Gasteiger partial charge in [0.05, 0.1) is 5.56 Å². The van der Waals surface area contributed by atoms with Crippen molar-refractivity contribution < 1.29 is 14.3 Å². The molecule has 1 aliphatic carbocycles. The van der Waals surface area contributed by atoms with Crippen molar-refractivity contribution in [3.63, 3.8) is 0 Å². The molecule has 5 heteroatoms. The molecule has 0 unspecified atom stereocenters. The minimum Gasteiger partial charge on any atom is -0.461 e. The minimum absolute atomic E-state index is 0.274. The minimum atomic E-state index is -0.274. The highest BCUT2D eigenvalue weighted by Crippen LogP contribution is 2.28. The average Bonchev–Trinajstić information content (AvgIpc) is 2.54. The zero-order chi connectivity index (χ0) is 16.1. The molecule has 0 aromatic heterocycles. The molecule has 3 rings (SSSR count). The predicted octanol–water partition coefficient (Wildman–Crippen LogP) is 1.79. The standard InChI is InChI=1S/C18H24N2O3/c21-17(15-7-4-8-15)20-11-9-19(10-12-20)13-14-23-18(22)16-5-2-1-3-6-16/h1-3,5-6,15H,4,7-14H2. The molecule has 0 spiro atoms. The Balaban J connectivity index is 1.34. The Labute approximate surface area is 137 Å². The van der Waals surface area contributed by atoms with Crippen LogP contribution in [0.25, 0.3) is 0 Å². The highest BCUT2D eigenvalue weighted by molar-refractivity contribution is 5.89. The maximum atomic E-state index is 12.2. The van der Waals surface area contributed by atoms with Gasteiger partial charge in [-0.05, 0) is 25.0 Å². The number of ether oxygens (including phenoxy) is 1. The fourth-order valence-corrected chi connectivity index (χ4v) is 3.03. The third-order valence-corrected chi connectivity index (χ3v) is 4.79. The van der Waals surface area contributed by atoms with E-state index in [-0.39, 0.29) is 11.9 Å². The van der Waals surface area contributed by atoms with Gasteiger partial charge in [-0.15, -0.1) is 0 Å². The fraction of sp³-hybridized carbons (Fsp3) is 0.556. The van der Waals surface area contributed by atoms with Gasteiger partial charge in [-0.3, -0.25) is 9.69 Å². The molecule has 1 aromatic carbocycles. The summed E-state index contributed by atoms with van der Waals surface area (Å²) in [4.78, 5) is 28.3. The van der Waals surface area contributed by atoms with E-state index in [0.29, 0.717) is 18.1 Å². The van der Waals surface area contributed by atoms with E-state index < -0.39 is 0 Å². The molecule has 0 N–H and O–H groups in total. The van der Waals surface area contributed by atoms with Gasteiger partial charge in [0.1, 0.15) is 6.61 Å². The highest BCUT2D eigenvalue weighted by atomic mass is 16.5. The number of hydrogen-bond acceptors (Lipinski definition) is 4. The zero-order valence-electron chi connectivity index (χ0n) is 13.4. The molecular formula is C18H24N2O3. The molecule has 0 bridgehead atoms. The van der Waals surface area contributed by atoms with Crippen LogP contribution in [0.15, 0.2) is 30.3 Å². The Morgan fingerprint density at radius 3 is 2.35 bits per heavy atom. The molecule has 1 saturated heterocycles. The lowest BCUT2D eigenvalue weighted by atomic mass is 9.84. The summed E-state index contributed by atoms with van der Waals surface area (Å²) < 4.78 is 5.31. The molecule has 23 heavy (non-hydrogen) atoms. The second-order valence-electron chi connectivity index (χ2n) is 6.30. The van der Waals surface area contributed by atoms with Crippen molar-refractivity contribution in [3.05, 3.63) is 35.9 Å². The van der Waals surface area contributed by atoms with Crippen LogP contribution in [0.1, 0.15) is 29.6 Å². The lowest BCUT2D eigenvalue weighted by Gasteiger charge is -2.38. The Bertz CT molecular complexity index is 534. The van der Waals surface area contributed by atoms with E-state index in [9.17, 15) is 9.59 Å². The number of benzene rings is 1. The molecule has 0 atom stereocenters. The van der Waals surface area contributed by atoms with Gasteiger partial charge in [0.2, 0.25) is 5.91 Å². The Morgan fingerprint density at radius 2 is 1.74 bits per heavy atom. The Kier molecular flexibility index (Phi) is 5.28. The SMILES string of the molecule is O=C(OCCN1CCN(C(=O)C2CCC2)CC1)c1ccccc1. The summed E-state index contributed by atoms with van der Waals surface area (Å²) in [6.45, 7) is 4.43. The normalized spacial score (nSPS) is 19.2. The van der Waals surface area contributed by atoms with Crippen LogP contribution in [-0.2, 0) is 9.53 Å². The summed E-state index contributed by atoms with van der Waals surface area (Å²) in [5, 5.41) is 0. The molecule has 1 aliphatic heterocycles. The van der Waals surface area contributed by atoms with Crippen LogP contribution in [0, 0.1) is 5.92 Å². The number of carbonyl (C=O) groups excluding carboxylic acids is 2. The number of carbonyl (C=O) groups is 2. The fourth-order valence-electron chi connectivity index (χ4n) is 3.03. The molecule has 124 valence electrons. The maximum absolute atomic E-state index is 12.2. The van der Waals surface area contributed by atoms with E-state index in [1.807, 2.05) is 23.1 Å². The van der Waals surface area contributed by atoms with Gasteiger partial charge >= 0.3 is 5.97 Å². The van der Waals surface area contributed by atoms with Gasteiger partial charge in [-0.25, -0.2) is 4.79 Å². The first-order valence-electron chi connectivity index (χ1n) is 8.47. The quantitative estimate of drug-likeness (QED) is 0.777. The van der Waals surface area contributed by atoms with Crippen LogP contribution >= 0.6 is 0 Å². The zero-order valence-corrected chi connectivity index (χ0v) is 13.4. The number of nitrogens with zero attached hydrogens (tertiary/aromatic N) is 2. The largest absolute Gasteiger partial charge is 0.461 e. The van der Waals surface area contributed by atoms with Crippen molar-refractivity contribution in [1.82, 2.24) is 9.80 Å². The maximum Gasteiger partial charge on any atom is 0.338 e. The van der Waals surface area contributed by atoms with Gasteiger partial charge < -0.3 is 9.64 Å². The summed E-state index contributed by atoms with van der Waals surface area (Å²) in [6, 6.07) is 9.05. The molecule has 1 aromatic rings. The molecule has 2 aliphatic rings. The molecule has 5 nitrogen and oxygen atoms in total. The van der Waals surface area contributed by atoms with Crippen LogP contribution < -0.4 is 0 Å². The van der Waals surface area contributed by atoms with Gasteiger partial charge in [-0.2, -0.15) is 0 Å². The average molecular weight is 316 g/mol. The first-order valence-corrected chi connectivity index (χ1v) is 8.47. The van der Waals surface area contributed by atoms with Crippen molar-refractivity contribution >= 4 is 11.9 Å². The van der Waals surface area contributed by atoms with Crippen LogP contribution in [0.3, 0.4) is 0 Å². The molecule has 1 heterocycles. The third-order valence-electron chi connectivity index (χ3n) is 4.79. The molecular weight excluding hydrogens is 292 g/mol. The number of amides is 1. The van der Waals surface area contributed by atoms with Crippen molar-refractivity contribution in [1.29, 1.82) is 0 Å². The number of rotatable bonds is 5. The van der Waals surface area contributed by atoms with Crippen molar-refractivity contribution in [2.24, 2.45) is 5.92 Å². The predicted molar refractivity (Wildman–Crippen MR) is 87.1 cm³/mol. The van der Waals surface area contributed by atoms with Gasteiger partial charge in [-0.1, -0.05) is 24.6 Å².